The molecule has 2 aromatic heterocycles. The maximum Gasteiger partial charge on any atom is 0.275 e. The molecule has 0 aliphatic rings. The molecule has 0 atom stereocenters. The Balaban J connectivity index is 2.09. The Hall–Kier alpha value is -2.01. The molecule has 3 rings (SSSR count). The Morgan fingerprint density at radius 1 is 1.17 bits per heavy atom. The van der Waals surface area contributed by atoms with E-state index < -0.39 is 0 Å². The molecule has 0 saturated heterocycles. The van der Waals surface area contributed by atoms with Crippen molar-refractivity contribution < 1.29 is 0 Å². The molecule has 18 heavy (non-hydrogen) atoms. The van der Waals surface area contributed by atoms with Crippen molar-refractivity contribution in [1.82, 2.24) is 15.0 Å². The molecule has 5 heteroatoms. The van der Waals surface area contributed by atoms with Crippen LogP contribution in [0.1, 0.15) is 5.56 Å². The van der Waals surface area contributed by atoms with Crippen LogP contribution < -0.4 is 5.56 Å². The molecule has 4 nitrogen and oxygen atoms in total. The van der Waals surface area contributed by atoms with Crippen LogP contribution in [0, 0.1) is 6.92 Å². The Morgan fingerprint density at radius 2 is 2.00 bits per heavy atom. The first-order chi connectivity index (χ1) is 8.75. The van der Waals surface area contributed by atoms with Crippen LogP contribution in [0.4, 0.5) is 0 Å². The van der Waals surface area contributed by atoms with Crippen molar-refractivity contribution in [2.24, 2.45) is 0 Å². The summed E-state index contributed by atoms with van der Waals surface area (Å²) in [5, 5.41) is 0. The minimum atomic E-state index is -0.142. The molecule has 0 saturated carbocycles. The number of fused-ring (bicyclic) bond motifs is 1. The molecule has 0 spiro atoms. The zero-order valence-electron chi connectivity index (χ0n) is 9.73. The molecule has 2 N–H and O–H groups in total. The van der Waals surface area contributed by atoms with Gasteiger partial charge in [0.25, 0.3) is 5.56 Å². The Morgan fingerprint density at radius 3 is 2.83 bits per heavy atom. The second-order valence-electron chi connectivity index (χ2n) is 3.98. The average Bonchev–Trinajstić information content (AvgIpc) is 2.77. The predicted molar refractivity (Wildman–Crippen MR) is 72.0 cm³/mol. The third kappa shape index (κ3) is 1.82. The molecule has 2 heterocycles. The van der Waals surface area contributed by atoms with Crippen molar-refractivity contribution in [1.29, 1.82) is 0 Å². The van der Waals surface area contributed by atoms with Crippen molar-refractivity contribution in [3.63, 3.8) is 0 Å². The number of aromatic nitrogens is 3. The fourth-order valence-electron chi connectivity index (χ4n) is 1.79. The third-order valence-electron chi connectivity index (χ3n) is 2.75. The molecular formula is C13H11N3OS. The summed E-state index contributed by atoms with van der Waals surface area (Å²) in [5.41, 5.74) is 2.30. The fourth-order valence-corrected chi connectivity index (χ4v) is 2.78. The largest absolute Gasteiger partial charge is 0.354 e. The molecule has 0 aliphatic heterocycles. The summed E-state index contributed by atoms with van der Waals surface area (Å²) < 4.78 is 0. The lowest BCUT2D eigenvalue weighted by Gasteiger charge is -2.02. The molecule has 0 amide bonds. The summed E-state index contributed by atoms with van der Waals surface area (Å²) in [6.45, 7) is 2.07. The van der Waals surface area contributed by atoms with Gasteiger partial charge in [-0.05, 0) is 18.6 Å². The molecule has 0 bridgehead atoms. The quantitative estimate of drug-likeness (QED) is 0.742. The van der Waals surface area contributed by atoms with Crippen LogP contribution in [0.5, 0.6) is 0 Å². The van der Waals surface area contributed by atoms with Crippen LogP contribution in [0.15, 0.2) is 51.4 Å². The van der Waals surface area contributed by atoms with Gasteiger partial charge in [0.05, 0.1) is 11.2 Å². The number of H-pyrrole nitrogens is 2. The van der Waals surface area contributed by atoms with E-state index in [1.165, 1.54) is 16.8 Å². The molecule has 0 aliphatic carbocycles. The van der Waals surface area contributed by atoms with Gasteiger partial charge >= 0.3 is 0 Å². The van der Waals surface area contributed by atoms with Crippen LogP contribution in [0.25, 0.3) is 11.0 Å². The summed E-state index contributed by atoms with van der Waals surface area (Å²) in [7, 11) is 0. The number of rotatable bonds is 2. The second-order valence-corrected chi connectivity index (χ2v) is 5.06. The molecule has 0 fully saturated rings. The van der Waals surface area contributed by atoms with Crippen molar-refractivity contribution in [2.75, 3.05) is 0 Å². The molecule has 0 unspecified atom stereocenters. The number of hydrogen-bond donors (Lipinski definition) is 2. The summed E-state index contributed by atoms with van der Waals surface area (Å²) in [6, 6.07) is 8.14. The van der Waals surface area contributed by atoms with Gasteiger partial charge in [0, 0.05) is 11.1 Å². The van der Waals surface area contributed by atoms with Crippen molar-refractivity contribution in [2.45, 2.75) is 16.7 Å². The van der Waals surface area contributed by atoms with E-state index >= 15 is 0 Å². The highest BCUT2D eigenvalue weighted by atomic mass is 32.2. The smallest absolute Gasteiger partial charge is 0.275 e. The Bertz CT molecular complexity index is 760. The highest BCUT2D eigenvalue weighted by molar-refractivity contribution is 7.99. The van der Waals surface area contributed by atoms with Gasteiger partial charge in [0.15, 0.2) is 0 Å². The first kappa shape index (κ1) is 11.1. The third-order valence-corrected chi connectivity index (χ3v) is 3.96. The fraction of sp³-hybridized carbons (Fsp3) is 0.0769. The monoisotopic (exact) mass is 257 g/mol. The van der Waals surface area contributed by atoms with Gasteiger partial charge in [-0.3, -0.25) is 4.79 Å². The van der Waals surface area contributed by atoms with Gasteiger partial charge in [-0.25, -0.2) is 4.98 Å². The van der Waals surface area contributed by atoms with E-state index in [1.807, 2.05) is 18.3 Å². The average molecular weight is 257 g/mol. The number of nitrogens with one attached hydrogen (secondary N) is 2. The van der Waals surface area contributed by atoms with Crippen molar-refractivity contribution >= 4 is 22.8 Å². The van der Waals surface area contributed by atoms with E-state index in [0.29, 0.717) is 11.0 Å². The summed E-state index contributed by atoms with van der Waals surface area (Å²) in [6.07, 6.45) is 3.25. The number of aryl methyl sites for hydroxylation is 1. The van der Waals surface area contributed by atoms with Gasteiger partial charge in [0.1, 0.15) is 11.0 Å². The lowest BCUT2D eigenvalue weighted by Crippen LogP contribution is -2.05. The highest BCUT2D eigenvalue weighted by Gasteiger charge is 2.09. The standard InChI is InChI=1S/C13H11N3OS/c1-8-4-2-3-5-9(8)18-10-6-14-12-11(10)15-7-16-13(12)17/h2-7,14H,1H3,(H,15,16,17). The first-order valence-corrected chi connectivity index (χ1v) is 6.35. The number of nitrogens with zero attached hydrogens (tertiary/aromatic N) is 1. The van der Waals surface area contributed by atoms with Crippen molar-refractivity contribution in [3.05, 3.63) is 52.7 Å². The minimum absolute atomic E-state index is 0.142. The van der Waals surface area contributed by atoms with E-state index in [-0.39, 0.29) is 5.56 Å². The van der Waals surface area contributed by atoms with Crippen LogP contribution in [-0.4, -0.2) is 15.0 Å². The normalized spacial score (nSPS) is 10.9. The van der Waals surface area contributed by atoms with Gasteiger partial charge in [-0.1, -0.05) is 30.0 Å². The molecule has 1 aromatic carbocycles. The Kier molecular flexibility index (Phi) is 2.68. The van der Waals surface area contributed by atoms with E-state index in [1.54, 1.807) is 11.8 Å². The van der Waals surface area contributed by atoms with Gasteiger partial charge < -0.3 is 9.97 Å². The van der Waals surface area contributed by atoms with E-state index in [2.05, 4.69) is 34.0 Å². The molecule has 3 aromatic rings. The molecular weight excluding hydrogens is 246 g/mol. The van der Waals surface area contributed by atoms with Crippen LogP contribution >= 0.6 is 11.8 Å². The maximum atomic E-state index is 11.6. The summed E-state index contributed by atoms with van der Waals surface area (Å²) >= 11 is 1.61. The lowest BCUT2D eigenvalue weighted by atomic mass is 10.2. The number of benzene rings is 1. The number of hydrogen-bond acceptors (Lipinski definition) is 3. The maximum absolute atomic E-state index is 11.6. The SMILES string of the molecule is Cc1ccccc1Sc1c[nH]c2c(=O)[nH]cnc12. The van der Waals surface area contributed by atoms with Crippen LogP contribution in [0.2, 0.25) is 0 Å². The molecule has 90 valence electrons. The summed E-state index contributed by atoms with van der Waals surface area (Å²) in [4.78, 5) is 23.5. The van der Waals surface area contributed by atoms with Gasteiger partial charge in [-0.15, -0.1) is 0 Å². The van der Waals surface area contributed by atoms with E-state index in [4.69, 9.17) is 0 Å². The zero-order valence-corrected chi connectivity index (χ0v) is 10.5. The van der Waals surface area contributed by atoms with Crippen molar-refractivity contribution in [3.8, 4) is 0 Å². The molecule has 0 radical (unpaired) electrons. The van der Waals surface area contributed by atoms with E-state index in [0.717, 1.165) is 4.90 Å². The Labute approximate surface area is 107 Å². The van der Waals surface area contributed by atoms with Crippen LogP contribution in [0.3, 0.4) is 0 Å². The predicted octanol–water partition coefficient (Wildman–Crippen LogP) is 2.71. The van der Waals surface area contributed by atoms with Gasteiger partial charge in [-0.2, -0.15) is 0 Å². The van der Waals surface area contributed by atoms with E-state index in [9.17, 15) is 4.79 Å². The first-order valence-electron chi connectivity index (χ1n) is 5.54. The van der Waals surface area contributed by atoms with Gasteiger partial charge in [0.2, 0.25) is 0 Å². The topological polar surface area (TPSA) is 61.5 Å². The lowest BCUT2D eigenvalue weighted by molar-refractivity contribution is 1.16. The number of aromatic amines is 2. The van der Waals surface area contributed by atoms with Crippen LogP contribution in [-0.2, 0) is 0 Å². The summed E-state index contributed by atoms with van der Waals surface area (Å²) in [5.74, 6) is 0. The minimum Gasteiger partial charge on any atom is -0.354 e. The highest BCUT2D eigenvalue weighted by Crippen LogP contribution is 2.33. The second kappa shape index (κ2) is 4.34. The zero-order chi connectivity index (χ0) is 12.5.